The molecule has 1 aliphatic heterocycles. The number of nitrogens with one attached hydrogen (secondary N) is 1. The average Bonchev–Trinajstić information content (AvgIpc) is 3.03. The predicted molar refractivity (Wildman–Crippen MR) is 91.4 cm³/mol. The van der Waals surface area contributed by atoms with E-state index in [0.29, 0.717) is 24.9 Å². The van der Waals surface area contributed by atoms with Crippen LogP contribution in [0.2, 0.25) is 0 Å². The van der Waals surface area contributed by atoms with E-state index in [2.05, 4.69) is 5.32 Å². The zero-order valence-electron chi connectivity index (χ0n) is 14.0. The Labute approximate surface area is 151 Å². The summed E-state index contributed by atoms with van der Waals surface area (Å²) in [7, 11) is 0. The third-order valence-electron chi connectivity index (χ3n) is 4.17. The molecule has 1 unspecified atom stereocenters. The molecule has 1 heterocycles. The van der Waals surface area contributed by atoms with Gasteiger partial charge in [-0.15, -0.1) is 12.4 Å². The number of hydrogen-bond donors (Lipinski definition) is 2. The van der Waals surface area contributed by atoms with E-state index in [0.717, 1.165) is 25.0 Å². The lowest BCUT2D eigenvalue weighted by Crippen LogP contribution is -2.38. The van der Waals surface area contributed by atoms with Gasteiger partial charge >= 0.3 is 6.18 Å². The van der Waals surface area contributed by atoms with E-state index in [-0.39, 0.29) is 24.4 Å². The van der Waals surface area contributed by atoms with Crippen LogP contribution in [0.3, 0.4) is 0 Å². The second kappa shape index (κ2) is 9.40. The molecule has 0 bridgehead atoms. The Morgan fingerprint density at radius 2 is 2.12 bits per heavy atom. The summed E-state index contributed by atoms with van der Waals surface area (Å²) in [6.45, 7) is 2.28. The molecule has 1 aromatic rings. The SMILES string of the molecule is CCCC(NC(=O)[C@@H]1CC[C@H](CN)O1)c1cccc(C(F)(F)F)c1.Cl. The molecule has 2 rings (SSSR count). The number of nitrogens with two attached hydrogens (primary N) is 1. The number of carbonyl (C=O) groups is 1. The Hall–Kier alpha value is -1.31. The van der Waals surface area contributed by atoms with Crippen molar-refractivity contribution < 1.29 is 22.7 Å². The maximum absolute atomic E-state index is 12.9. The van der Waals surface area contributed by atoms with Gasteiger partial charge in [-0.2, -0.15) is 13.2 Å². The molecule has 1 fully saturated rings. The van der Waals surface area contributed by atoms with Crippen LogP contribution in [0.25, 0.3) is 0 Å². The number of halogens is 4. The molecule has 8 heteroatoms. The molecule has 1 aromatic carbocycles. The highest BCUT2D eigenvalue weighted by Crippen LogP contribution is 2.31. The zero-order chi connectivity index (χ0) is 17.7. The van der Waals surface area contributed by atoms with Gasteiger partial charge in [0.05, 0.1) is 17.7 Å². The lowest BCUT2D eigenvalue weighted by atomic mass is 9.99. The molecule has 3 atom stereocenters. The normalized spacial score (nSPS) is 21.5. The summed E-state index contributed by atoms with van der Waals surface area (Å²) in [5.74, 6) is -0.290. The van der Waals surface area contributed by atoms with Gasteiger partial charge in [-0.3, -0.25) is 4.79 Å². The summed E-state index contributed by atoms with van der Waals surface area (Å²) < 4.78 is 44.2. The third-order valence-corrected chi connectivity index (χ3v) is 4.17. The summed E-state index contributed by atoms with van der Waals surface area (Å²) >= 11 is 0. The van der Waals surface area contributed by atoms with Gasteiger partial charge in [-0.25, -0.2) is 0 Å². The van der Waals surface area contributed by atoms with Crippen molar-refractivity contribution in [1.82, 2.24) is 5.32 Å². The molecule has 0 spiro atoms. The molecule has 142 valence electrons. The minimum atomic E-state index is -4.40. The van der Waals surface area contributed by atoms with Crippen molar-refractivity contribution in [2.75, 3.05) is 6.54 Å². The molecule has 0 aromatic heterocycles. The van der Waals surface area contributed by atoms with Crippen LogP contribution in [-0.2, 0) is 15.7 Å². The Bertz CT molecular complexity index is 569. The number of hydrogen-bond acceptors (Lipinski definition) is 3. The number of benzene rings is 1. The van der Waals surface area contributed by atoms with Gasteiger partial charge in [0.15, 0.2) is 0 Å². The van der Waals surface area contributed by atoms with E-state index in [1.54, 1.807) is 6.07 Å². The fourth-order valence-electron chi connectivity index (χ4n) is 2.88. The summed E-state index contributed by atoms with van der Waals surface area (Å²) in [5.41, 5.74) is 5.27. The van der Waals surface area contributed by atoms with Crippen LogP contribution in [0.5, 0.6) is 0 Å². The van der Waals surface area contributed by atoms with Gasteiger partial charge in [-0.1, -0.05) is 25.5 Å². The van der Waals surface area contributed by atoms with Gasteiger partial charge in [0, 0.05) is 6.54 Å². The topological polar surface area (TPSA) is 64.4 Å². The van der Waals surface area contributed by atoms with Crippen LogP contribution in [0.1, 0.15) is 49.8 Å². The highest BCUT2D eigenvalue weighted by molar-refractivity contribution is 5.85. The van der Waals surface area contributed by atoms with Gasteiger partial charge in [0.1, 0.15) is 6.10 Å². The molecule has 0 aliphatic carbocycles. The highest BCUT2D eigenvalue weighted by Gasteiger charge is 2.33. The second-order valence-corrected chi connectivity index (χ2v) is 6.03. The van der Waals surface area contributed by atoms with Crippen LogP contribution in [0, 0.1) is 0 Å². The van der Waals surface area contributed by atoms with Crippen molar-refractivity contribution in [1.29, 1.82) is 0 Å². The van der Waals surface area contributed by atoms with E-state index in [1.165, 1.54) is 6.07 Å². The van der Waals surface area contributed by atoms with Crippen molar-refractivity contribution in [3.8, 4) is 0 Å². The fourth-order valence-corrected chi connectivity index (χ4v) is 2.88. The second-order valence-electron chi connectivity index (χ2n) is 6.03. The molecular weight excluding hydrogens is 357 g/mol. The molecular formula is C17H24ClF3N2O2. The molecule has 0 saturated carbocycles. The first-order valence-corrected chi connectivity index (χ1v) is 8.18. The largest absolute Gasteiger partial charge is 0.416 e. The van der Waals surface area contributed by atoms with Crippen molar-refractivity contribution in [2.24, 2.45) is 5.73 Å². The first-order valence-electron chi connectivity index (χ1n) is 8.18. The number of alkyl halides is 3. The standard InChI is InChI=1S/C17H23F3N2O2.ClH/c1-2-4-14(11-5-3-6-12(9-11)17(18,19)20)22-16(23)15-8-7-13(10-21)24-15;/h3,5-6,9,13-15H,2,4,7-8,10,21H2,1H3,(H,22,23);1H/t13-,14?,15+;/m1./s1. The molecule has 3 N–H and O–H groups in total. The Morgan fingerprint density at radius 3 is 2.68 bits per heavy atom. The highest BCUT2D eigenvalue weighted by atomic mass is 35.5. The lowest BCUT2D eigenvalue weighted by molar-refractivity contribution is -0.137. The van der Waals surface area contributed by atoms with Crippen molar-refractivity contribution in [3.63, 3.8) is 0 Å². The molecule has 25 heavy (non-hydrogen) atoms. The molecule has 1 saturated heterocycles. The summed E-state index contributed by atoms with van der Waals surface area (Å²) in [4.78, 5) is 12.3. The monoisotopic (exact) mass is 380 g/mol. The quantitative estimate of drug-likeness (QED) is 0.792. The smallest absolute Gasteiger partial charge is 0.364 e. The van der Waals surface area contributed by atoms with E-state index < -0.39 is 23.9 Å². The summed E-state index contributed by atoms with van der Waals surface area (Å²) in [6.07, 6.45) is -2.52. The molecule has 4 nitrogen and oxygen atoms in total. The minimum Gasteiger partial charge on any atom is -0.364 e. The predicted octanol–water partition coefficient (Wildman–Crippen LogP) is 3.59. The van der Waals surface area contributed by atoms with Crippen LogP contribution >= 0.6 is 12.4 Å². The van der Waals surface area contributed by atoms with E-state index in [1.807, 2.05) is 6.92 Å². The van der Waals surface area contributed by atoms with E-state index in [9.17, 15) is 18.0 Å². The maximum Gasteiger partial charge on any atom is 0.416 e. The summed E-state index contributed by atoms with van der Waals surface area (Å²) in [5, 5.41) is 2.83. The van der Waals surface area contributed by atoms with Gasteiger partial charge in [0.25, 0.3) is 0 Å². The Kier molecular flexibility index (Phi) is 8.18. The van der Waals surface area contributed by atoms with Crippen LogP contribution < -0.4 is 11.1 Å². The maximum atomic E-state index is 12.9. The number of carbonyl (C=O) groups excluding carboxylic acids is 1. The van der Waals surface area contributed by atoms with E-state index >= 15 is 0 Å². The van der Waals surface area contributed by atoms with Gasteiger partial charge < -0.3 is 15.8 Å². The van der Waals surface area contributed by atoms with Crippen molar-refractivity contribution >= 4 is 18.3 Å². The van der Waals surface area contributed by atoms with Crippen LogP contribution in [-0.4, -0.2) is 24.7 Å². The third kappa shape index (κ3) is 5.87. The Balaban J connectivity index is 0.00000312. The number of amides is 1. The van der Waals surface area contributed by atoms with Gasteiger partial charge in [-0.05, 0) is 37.0 Å². The van der Waals surface area contributed by atoms with E-state index in [4.69, 9.17) is 10.5 Å². The molecule has 0 radical (unpaired) electrons. The number of ether oxygens (including phenoxy) is 1. The lowest BCUT2D eigenvalue weighted by Gasteiger charge is -2.22. The van der Waals surface area contributed by atoms with Crippen LogP contribution in [0.4, 0.5) is 13.2 Å². The molecule has 1 amide bonds. The van der Waals surface area contributed by atoms with Crippen molar-refractivity contribution in [3.05, 3.63) is 35.4 Å². The Morgan fingerprint density at radius 1 is 1.40 bits per heavy atom. The molecule has 1 aliphatic rings. The van der Waals surface area contributed by atoms with Crippen molar-refractivity contribution in [2.45, 2.75) is 57.0 Å². The van der Waals surface area contributed by atoms with Gasteiger partial charge in [0.2, 0.25) is 5.91 Å². The number of rotatable bonds is 6. The van der Waals surface area contributed by atoms with Crippen LogP contribution in [0.15, 0.2) is 24.3 Å². The zero-order valence-corrected chi connectivity index (χ0v) is 14.8. The summed E-state index contributed by atoms with van der Waals surface area (Å²) in [6, 6.07) is 4.63. The first-order chi connectivity index (χ1) is 11.3. The fraction of sp³-hybridized carbons (Fsp3) is 0.588. The average molecular weight is 381 g/mol. The minimum absolute atomic E-state index is 0. The first kappa shape index (κ1) is 21.7.